The van der Waals surface area contributed by atoms with Crippen LogP contribution in [0.15, 0.2) is 12.1 Å². The van der Waals surface area contributed by atoms with Gasteiger partial charge < -0.3 is 10.4 Å². The molecule has 0 spiro atoms. The summed E-state index contributed by atoms with van der Waals surface area (Å²) in [5.74, 6) is 0.108. The lowest BCUT2D eigenvalue weighted by Crippen LogP contribution is -2.28. The molecule has 0 fully saturated rings. The molecule has 3 nitrogen and oxygen atoms in total. The number of fused-ring (bicyclic) bond motifs is 1. The molecule has 1 aromatic rings. The fraction of sp³-hybridized carbons (Fsp3) is 0.500. The number of aryl methyl sites for hydroxylation is 1. The van der Waals surface area contributed by atoms with Gasteiger partial charge in [0.1, 0.15) is 5.75 Å². The van der Waals surface area contributed by atoms with E-state index in [0.717, 1.165) is 24.8 Å². The molecule has 1 aliphatic carbocycles. The molecule has 0 heterocycles. The summed E-state index contributed by atoms with van der Waals surface area (Å²) in [7, 11) is 0. The van der Waals surface area contributed by atoms with Gasteiger partial charge in [0.05, 0.1) is 5.69 Å². The van der Waals surface area contributed by atoms with Gasteiger partial charge in [-0.05, 0) is 36.5 Å². The van der Waals surface area contributed by atoms with Gasteiger partial charge in [-0.3, -0.25) is 4.79 Å². The monoisotopic (exact) mass is 233 g/mol. The second-order valence-corrected chi connectivity index (χ2v) is 5.66. The number of carbonyl (C=O) groups excluding carboxylic acids is 1. The molecule has 0 saturated heterocycles. The van der Waals surface area contributed by atoms with Crippen molar-refractivity contribution >= 4 is 11.6 Å². The van der Waals surface area contributed by atoms with E-state index in [4.69, 9.17) is 0 Å². The lowest BCUT2D eigenvalue weighted by molar-refractivity contribution is -0.123. The number of nitrogens with one attached hydrogen (secondary N) is 1. The average Bonchev–Trinajstić information content (AvgIpc) is 2.68. The maximum atomic E-state index is 12.0. The van der Waals surface area contributed by atoms with E-state index in [1.165, 1.54) is 5.56 Å². The average molecular weight is 233 g/mol. The lowest BCUT2D eigenvalue weighted by Gasteiger charge is -2.20. The van der Waals surface area contributed by atoms with E-state index >= 15 is 0 Å². The number of anilines is 1. The fourth-order valence-electron chi connectivity index (χ4n) is 2.09. The predicted molar refractivity (Wildman–Crippen MR) is 68.2 cm³/mol. The molecule has 0 aliphatic heterocycles. The molecule has 1 aliphatic rings. The van der Waals surface area contributed by atoms with Crippen molar-refractivity contribution in [1.29, 1.82) is 0 Å². The Balaban J connectivity index is 2.33. The van der Waals surface area contributed by atoms with Crippen LogP contribution in [0.5, 0.6) is 5.75 Å². The Bertz CT molecular complexity index is 458. The summed E-state index contributed by atoms with van der Waals surface area (Å²) in [6.07, 6.45) is 3.06. The summed E-state index contributed by atoms with van der Waals surface area (Å²) in [6, 6.07) is 3.62. The van der Waals surface area contributed by atoms with Gasteiger partial charge in [0.15, 0.2) is 0 Å². The van der Waals surface area contributed by atoms with Crippen molar-refractivity contribution < 1.29 is 9.90 Å². The number of phenolic OH excluding ortho intramolecular Hbond substituents is 1. The van der Waals surface area contributed by atoms with Crippen molar-refractivity contribution in [3.8, 4) is 5.75 Å². The van der Waals surface area contributed by atoms with Crippen molar-refractivity contribution in [3.63, 3.8) is 0 Å². The molecular weight excluding hydrogens is 214 g/mol. The predicted octanol–water partition coefficient (Wildman–Crippen LogP) is 2.87. The number of benzene rings is 1. The van der Waals surface area contributed by atoms with Gasteiger partial charge in [-0.15, -0.1) is 0 Å². The molecule has 3 heteroatoms. The van der Waals surface area contributed by atoms with Crippen LogP contribution in [0.1, 0.15) is 38.3 Å². The van der Waals surface area contributed by atoms with Crippen molar-refractivity contribution in [2.45, 2.75) is 40.0 Å². The molecule has 2 rings (SSSR count). The second-order valence-electron chi connectivity index (χ2n) is 5.66. The first-order valence-corrected chi connectivity index (χ1v) is 6.05. The fourth-order valence-corrected chi connectivity index (χ4v) is 2.09. The molecule has 17 heavy (non-hydrogen) atoms. The van der Waals surface area contributed by atoms with Gasteiger partial charge in [0, 0.05) is 5.41 Å². The van der Waals surface area contributed by atoms with E-state index in [2.05, 4.69) is 5.32 Å². The molecule has 2 N–H and O–H groups in total. The quantitative estimate of drug-likeness (QED) is 0.733. The zero-order valence-electron chi connectivity index (χ0n) is 10.6. The van der Waals surface area contributed by atoms with Crippen LogP contribution in [0.3, 0.4) is 0 Å². The van der Waals surface area contributed by atoms with Crippen molar-refractivity contribution in [3.05, 3.63) is 23.3 Å². The molecule has 0 radical (unpaired) electrons. The third-order valence-corrected chi connectivity index (χ3v) is 3.18. The molecule has 0 unspecified atom stereocenters. The van der Waals surface area contributed by atoms with Crippen molar-refractivity contribution in [2.75, 3.05) is 5.32 Å². The maximum absolute atomic E-state index is 12.0. The topological polar surface area (TPSA) is 49.3 Å². The summed E-state index contributed by atoms with van der Waals surface area (Å²) < 4.78 is 0. The first kappa shape index (κ1) is 12.0. The molecule has 0 aromatic heterocycles. The van der Waals surface area contributed by atoms with E-state index in [-0.39, 0.29) is 11.7 Å². The molecule has 92 valence electrons. The first-order chi connectivity index (χ1) is 7.89. The summed E-state index contributed by atoms with van der Waals surface area (Å²) in [5, 5.41) is 12.7. The highest BCUT2D eigenvalue weighted by atomic mass is 16.3. The zero-order chi connectivity index (χ0) is 12.6. The highest BCUT2D eigenvalue weighted by Crippen LogP contribution is 2.36. The number of amides is 1. The van der Waals surface area contributed by atoms with Gasteiger partial charge in [0.25, 0.3) is 0 Å². The van der Waals surface area contributed by atoms with Crippen molar-refractivity contribution in [1.82, 2.24) is 0 Å². The number of hydrogen-bond donors (Lipinski definition) is 2. The number of hydrogen-bond acceptors (Lipinski definition) is 2. The van der Waals surface area contributed by atoms with Crippen LogP contribution in [-0.4, -0.2) is 11.0 Å². The van der Waals surface area contributed by atoms with Gasteiger partial charge in [0.2, 0.25) is 5.91 Å². The molecule has 1 aromatic carbocycles. The second kappa shape index (κ2) is 4.06. The highest BCUT2D eigenvalue weighted by Gasteiger charge is 2.25. The van der Waals surface area contributed by atoms with E-state index in [0.29, 0.717) is 5.69 Å². The lowest BCUT2D eigenvalue weighted by atomic mass is 9.95. The van der Waals surface area contributed by atoms with Crippen LogP contribution in [0.2, 0.25) is 0 Å². The van der Waals surface area contributed by atoms with E-state index in [1.807, 2.05) is 26.8 Å². The van der Waals surface area contributed by atoms with E-state index < -0.39 is 5.41 Å². The Labute approximate surface area is 102 Å². The minimum atomic E-state index is -0.451. The minimum absolute atomic E-state index is 0.0619. The summed E-state index contributed by atoms with van der Waals surface area (Å²) in [5.41, 5.74) is 2.50. The SMILES string of the molecule is CC(C)(C)C(=O)Nc1c(O)ccc2c1CCC2. The standard InChI is InChI=1S/C14H19NO2/c1-14(2,3)13(17)15-12-10-6-4-5-9(10)7-8-11(12)16/h7-8,16H,4-6H2,1-3H3,(H,15,17). The Hall–Kier alpha value is -1.51. The highest BCUT2D eigenvalue weighted by molar-refractivity contribution is 5.96. The minimum Gasteiger partial charge on any atom is -0.506 e. The number of phenols is 1. The Morgan fingerprint density at radius 3 is 2.65 bits per heavy atom. The zero-order valence-corrected chi connectivity index (χ0v) is 10.6. The smallest absolute Gasteiger partial charge is 0.229 e. The van der Waals surface area contributed by atoms with Gasteiger partial charge in [-0.1, -0.05) is 26.8 Å². The van der Waals surface area contributed by atoms with E-state index in [9.17, 15) is 9.90 Å². The third-order valence-electron chi connectivity index (χ3n) is 3.18. The van der Waals surface area contributed by atoms with Crippen LogP contribution < -0.4 is 5.32 Å². The number of carbonyl (C=O) groups is 1. The van der Waals surface area contributed by atoms with Crippen LogP contribution in [-0.2, 0) is 17.6 Å². The largest absolute Gasteiger partial charge is 0.506 e. The van der Waals surface area contributed by atoms with E-state index in [1.54, 1.807) is 6.07 Å². The molecule has 0 saturated carbocycles. The van der Waals surface area contributed by atoms with Crippen LogP contribution in [0.4, 0.5) is 5.69 Å². The first-order valence-electron chi connectivity index (χ1n) is 6.05. The Morgan fingerprint density at radius 1 is 1.29 bits per heavy atom. The normalized spacial score (nSPS) is 14.5. The summed E-state index contributed by atoms with van der Waals surface area (Å²) in [4.78, 5) is 12.0. The summed E-state index contributed by atoms with van der Waals surface area (Å²) in [6.45, 7) is 5.59. The van der Waals surface area contributed by atoms with Gasteiger partial charge >= 0.3 is 0 Å². The van der Waals surface area contributed by atoms with Crippen LogP contribution in [0.25, 0.3) is 0 Å². The van der Waals surface area contributed by atoms with Gasteiger partial charge in [-0.25, -0.2) is 0 Å². The Kier molecular flexibility index (Phi) is 2.86. The molecule has 0 bridgehead atoms. The molecule has 0 atom stereocenters. The van der Waals surface area contributed by atoms with Gasteiger partial charge in [-0.2, -0.15) is 0 Å². The number of rotatable bonds is 1. The Morgan fingerprint density at radius 2 is 2.00 bits per heavy atom. The molecule has 1 amide bonds. The maximum Gasteiger partial charge on any atom is 0.229 e. The van der Waals surface area contributed by atoms with Crippen molar-refractivity contribution in [2.24, 2.45) is 5.41 Å². The van der Waals surface area contributed by atoms with Crippen LogP contribution >= 0.6 is 0 Å². The third kappa shape index (κ3) is 2.28. The summed E-state index contributed by atoms with van der Waals surface area (Å²) >= 11 is 0. The van der Waals surface area contributed by atoms with Crippen LogP contribution in [0, 0.1) is 5.41 Å². The molecular formula is C14H19NO2. The number of aromatic hydroxyl groups is 1.